The number of hydrogen-bond donors (Lipinski definition) is 0. The molecule has 0 aliphatic carbocycles. The largest absolute Gasteiger partial charge is 0.236 e. The SMILES string of the molecule is O=S1c2ccccc2S(=O)N1Cc1ccccc1. The molecular weight excluding hydrogens is 266 g/mol. The van der Waals surface area contributed by atoms with Gasteiger partial charge in [0, 0.05) is 0 Å². The summed E-state index contributed by atoms with van der Waals surface area (Å²) in [5.41, 5.74) is 1.01. The molecule has 2 aromatic rings. The van der Waals surface area contributed by atoms with Gasteiger partial charge >= 0.3 is 0 Å². The quantitative estimate of drug-likeness (QED) is 0.844. The van der Waals surface area contributed by atoms with E-state index in [2.05, 4.69) is 0 Å². The van der Waals surface area contributed by atoms with Crippen LogP contribution in [0.2, 0.25) is 0 Å². The monoisotopic (exact) mass is 277 g/mol. The topological polar surface area (TPSA) is 37.4 Å². The molecule has 0 radical (unpaired) electrons. The maximum absolute atomic E-state index is 12.3. The molecule has 2 atom stereocenters. The van der Waals surface area contributed by atoms with Crippen molar-refractivity contribution in [3.05, 3.63) is 60.2 Å². The highest BCUT2D eigenvalue weighted by Gasteiger charge is 2.33. The zero-order valence-corrected chi connectivity index (χ0v) is 11.1. The van der Waals surface area contributed by atoms with Crippen molar-refractivity contribution < 1.29 is 8.42 Å². The summed E-state index contributed by atoms with van der Waals surface area (Å²) in [7, 11) is -2.67. The average molecular weight is 277 g/mol. The number of fused-ring (bicyclic) bond motifs is 1. The van der Waals surface area contributed by atoms with Crippen LogP contribution in [-0.2, 0) is 28.5 Å². The van der Waals surface area contributed by atoms with E-state index < -0.39 is 22.0 Å². The summed E-state index contributed by atoms with van der Waals surface area (Å²) in [6.07, 6.45) is 0. The molecular formula is C13H11NO2S2. The Bertz CT molecular complexity index is 593. The minimum Gasteiger partial charge on any atom is -0.236 e. The Morgan fingerprint density at radius 2 is 1.28 bits per heavy atom. The van der Waals surface area contributed by atoms with E-state index in [-0.39, 0.29) is 0 Å². The lowest BCUT2D eigenvalue weighted by Crippen LogP contribution is -2.21. The van der Waals surface area contributed by atoms with Gasteiger partial charge in [-0.15, -0.1) is 3.71 Å². The highest BCUT2D eigenvalue weighted by Crippen LogP contribution is 2.31. The summed E-state index contributed by atoms with van der Waals surface area (Å²) in [6, 6.07) is 16.8. The van der Waals surface area contributed by atoms with Crippen molar-refractivity contribution in [1.29, 1.82) is 0 Å². The van der Waals surface area contributed by atoms with E-state index in [1.54, 1.807) is 12.1 Å². The molecule has 0 aromatic heterocycles. The highest BCUT2D eigenvalue weighted by molar-refractivity contribution is 8.00. The van der Waals surface area contributed by atoms with Gasteiger partial charge in [0.15, 0.2) is 0 Å². The normalized spacial score (nSPS) is 22.9. The van der Waals surface area contributed by atoms with E-state index in [9.17, 15) is 8.42 Å². The molecule has 0 spiro atoms. The number of hydrogen-bond acceptors (Lipinski definition) is 2. The summed E-state index contributed by atoms with van der Waals surface area (Å²) < 4.78 is 26.0. The van der Waals surface area contributed by atoms with Crippen LogP contribution in [0.1, 0.15) is 5.56 Å². The van der Waals surface area contributed by atoms with Crippen LogP contribution >= 0.6 is 0 Å². The first-order valence-electron chi connectivity index (χ1n) is 5.51. The second-order valence-corrected chi connectivity index (χ2v) is 6.91. The van der Waals surface area contributed by atoms with Crippen LogP contribution in [-0.4, -0.2) is 12.1 Å². The fourth-order valence-corrected chi connectivity index (χ4v) is 5.11. The second kappa shape index (κ2) is 4.76. The molecule has 1 aliphatic rings. The Balaban J connectivity index is 1.93. The Labute approximate surface area is 111 Å². The fourth-order valence-electron chi connectivity index (χ4n) is 1.87. The van der Waals surface area contributed by atoms with E-state index >= 15 is 0 Å². The maximum atomic E-state index is 12.3. The first-order valence-corrected chi connectivity index (χ1v) is 7.73. The van der Waals surface area contributed by atoms with Crippen molar-refractivity contribution in [3.63, 3.8) is 0 Å². The smallest absolute Gasteiger partial charge is 0.141 e. The lowest BCUT2D eigenvalue weighted by atomic mass is 10.2. The van der Waals surface area contributed by atoms with E-state index in [0.717, 1.165) is 5.56 Å². The number of nitrogens with zero attached hydrogens (tertiary/aromatic N) is 1. The number of benzene rings is 2. The molecule has 0 N–H and O–H groups in total. The minimum absolute atomic E-state index is 0.425. The predicted octanol–water partition coefficient (Wildman–Crippen LogP) is 2.25. The summed E-state index contributed by atoms with van der Waals surface area (Å²) in [6.45, 7) is 0.425. The van der Waals surface area contributed by atoms with Crippen molar-refractivity contribution in [2.75, 3.05) is 0 Å². The Hall–Kier alpha value is -1.30. The molecule has 18 heavy (non-hydrogen) atoms. The van der Waals surface area contributed by atoms with Gasteiger partial charge in [0.2, 0.25) is 0 Å². The molecule has 3 nitrogen and oxygen atoms in total. The molecule has 2 unspecified atom stereocenters. The molecule has 0 fully saturated rings. The zero-order valence-electron chi connectivity index (χ0n) is 9.48. The van der Waals surface area contributed by atoms with Crippen LogP contribution in [0.4, 0.5) is 0 Å². The van der Waals surface area contributed by atoms with Crippen LogP contribution < -0.4 is 0 Å². The van der Waals surface area contributed by atoms with Crippen molar-refractivity contribution in [1.82, 2.24) is 3.71 Å². The van der Waals surface area contributed by atoms with E-state index in [0.29, 0.717) is 16.3 Å². The molecule has 1 heterocycles. The summed E-state index contributed by atoms with van der Waals surface area (Å²) >= 11 is 0. The van der Waals surface area contributed by atoms with Crippen molar-refractivity contribution in [2.24, 2.45) is 0 Å². The molecule has 0 amide bonds. The van der Waals surface area contributed by atoms with Gasteiger partial charge in [-0.25, -0.2) is 8.42 Å². The Morgan fingerprint density at radius 1 is 0.778 bits per heavy atom. The lowest BCUT2D eigenvalue weighted by Gasteiger charge is -2.11. The van der Waals surface area contributed by atoms with Crippen LogP contribution in [0.25, 0.3) is 0 Å². The van der Waals surface area contributed by atoms with E-state index in [4.69, 9.17) is 0 Å². The van der Waals surface area contributed by atoms with Crippen LogP contribution in [0.15, 0.2) is 64.4 Å². The van der Waals surface area contributed by atoms with Gasteiger partial charge in [-0.1, -0.05) is 42.5 Å². The lowest BCUT2D eigenvalue weighted by molar-refractivity contribution is 0.600. The number of rotatable bonds is 2. The molecule has 1 aliphatic heterocycles. The standard InChI is InChI=1S/C13H11NO2S2/c15-17-12-8-4-5-9-13(12)18(16)14(17)10-11-6-2-1-3-7-11/h1-9H,10H2. The fraction of sp³-hybridized carbons (Fsp3) is 0.0769. The first kappa shape index (κ1) is 11.8. The summed E-state index contributed by atoms with van der Waals surface area (Å²) in [5.74, 6) is 0. The first-order chi connectivity index (χ1) is 8.77. The van der Waals surface area contributed by atoms with Gasteiger partial charge in [0.1, 0.15) is 22.0 Å². The molecule has 92 valence electrons. The van der Waals surface area contributed by atoms with Gasteiger partial charge in [0.25, 0.3) is 0 Å². The molecule has 0 saturated heterocycles. The van der Waals surface area contributed by atoms with E-state index in [1.165, 1.54) is 3.71 Å². The third kappa shape index (κ3) is 1.94. The van der Waals surface area contributed by atoms with Gasteiger partial charge < -0.3 is 0 Å². The average Bonchev–Trinajstić information content (AvgIpc) is 2.66. The molecule has 0 bridgehead atoms. The highest BCUT2D eigenvalue weighted by atomic mass is 32.3. The molecule has 3 rings (SSSR count). The van der Waals surface area contributed by atoms with Gasteiger partial charge in [-0.2, -0.15) is 0 Å². The summed E-state index contributed by atoms with van der Waals surface area (Å²) in [4.78, 5) is 1.32. The van der Waals surface area contributed by atoms with Gasteiger partial charge in [-0.05, 0) is 17.7 Å². The molecule has 2 aromatic carbocycles. The van der Waals surface area contributed by atoms with Crippen molar-refractivity contribution in [2.45, 2.75) is 16.3 Å². The van der Waals surface area contributed by atoms with Crippen molar-refractivity contribution >= 4 is 22.0 Å². The van der Waals surface area contributed by atoms with Crippen molar-refractivity contribution in [3.8, 4) is 0 Å². The maximum Gasteiger partial charge on any atom is 0.141 e. The Kier molecular flexibility index (Phi) is 3.11. The minimum atomic E-state index is -1.33. The zero-order chi connectivity index (χ0) is 12.5. The van der Waals surface area contributed by atoms with E-state index in [1.807, 2.05) is 42.5 Å². The third-order valence-electron chi connectivity index (χ3n) is 2.75. The second-order valence-electron chi connectivity index (χ2n) is 3.92. The van der Waals surface area contributed by atoms with Crippen LogP contribution in [0.5, 0.6) is 0 Å². The molecule has 5 heteroatoms. The van der Waals surface area contributed by atoms with Gasteiger partial charge in [0.05, 0.1) is 16.3 Å². The van der Waals surface area contributed by atoms with Crippen LogP contribution in [0.3, 0.4) is 0 Å². The van der Waals surface area contributed by atoms with Crippen LogP contribution in [0, 0.1) is 0 Å². The summed E-state index contributed by atoms with van der Waals surface area (Å²) in [5, 5.41) is 0. The molecule has 0 saturated carbocycles. The Morgan fingerprint density at radius 3 is 1.83 bits per heavy atom. The predicted molar refractivity (Wildman–Crippen MR) is 71.2 cm³/mol. The third-order valence-corrected chi connectivity index (χ3v) is 6.15. The van der Waals surface area contributed by atoms with Gasteiger partial charge in [-0.3, -0.25) is 0 Å².